The van der Waals surface area contributed by atoms with Gasteiger partial charge >= 0.3 is 0 Å². The zero-order chi connectivity index (χ0) is 23.8. The van der Waals surface area contributed by atoms with E-state index >= 15 is 0 Å². The number of hydrogen-bond acceptors (Lipinski definition) is 0. The van der Waals surface area contributed by atoms with E-state index in [1.54, 1.807) is 5.57 Å². The molecule has 0 radical (unpaired) electrons. The highest BCUT2D eigenvalue weighted by atomic mass is 14.3. The largest absolute Gasteiger partial charge is 0.0856 e. The van der Waals surface area contributed by atoms with Gasteiger partial charge in [-0.1, -0.05) is 90.8 Å². The highest BCUT2D eigenvalue weighted by Crippen LogP contribution is 2.35. The Bertz CT molecular complexity index is 746. The minimum atomic E-state index is 0.393. The van der Waals surface area contributed by atoms with Crippen LogP contribution in [-0.4, -0.2) is 0 Å². The summed E-state index contributed by atoms with van der Waals surface area (Å²) >= 11 is 0. The molecule has 0 heteroatoms. The molecule has 0 atom stereocenters. The molecule has 1 rings (SSSR count). The SMILES string of the molecule is CCC(CC)(CC=C(C)CCC=C(C)CCC=C(C)CCC=C(C)C)Cc1ccccc1. The molecular weight excluding hydrogens is 384 g/mol. The molecular formula is C32H50. The molecule has 0 unspecified atom stereocenters. The Kier molecular flexibility index (Phi) is 14.0. The fraction of sp³-hybridized carbons (Fsp3) is 0.562. The highest BCUT2D eigenvalue weighted by molar-refractivity contribution is 5.17. The van der Waals surface area contributed by atoms with Crippen LogP contribution in [0, 0.1) is 5.41 Å². The Morgan fingerprint density at radius 1 is 0.656 bits per heavy atom. The van der Waals surface area contributed by atoms with Crippen LogP contribution < -0.4 is 0 Å². The second-order valence-corrected chi connectivity index (χ2v) is 10.1. The molecule has 0 heterocycles. The lowest BCUT2D eigenvalue weighted by Gasteiger charge is -2.31. The molecule has 1 aromatic rings. The second-order valence-electron chi connectivity index (χ2n) is 10.1. The van der Waals surface area contributed by atoms with E-state index in [2.05, 4.69) is 103 Å². The summed E-state index contributed by atoms with van der Waals surface area (Å²) in [4.78, 5) is 0. The molecule has 0 saturated heterocycles. The third-order valence-electron chi connectivity index (χ3n) is 6.96. The summed E-state index contributed by atoms with van der Waals surface area (Å²) < 4.78 is 0. The van der Waals surface area contributed by atoms with Gasteiger partial charge in [-0.25, -0.2) is 0 Å². The summed E-state index contributed by atoms with van der Waals surface area (Å²) in [5, 5.41) is 0. The van der Waals surface area contributed by atoms with Gasteiger partial charge in [-0.15, -0.1) is 0 Å². The van der Waals surface area contributed by atoms with Crippen LogP contribution >= 0.6 is 0 Å². The van der Waals surface area contributed by atoms with Gasteiger partial charge in [-0.3, -0.25) is 0 Å². The van der Waals surface area contributed by atoms with Crippen LogP contribution in [0.25, 0.3) is 0 Å². The smallest absolute Gasteiger partial charge is 0.0219 e. The molecule has 0 N–H and O–H groups in total. The first-order chi connectivity index (χ1) is 15.3. The van der Waals surface area contributed by atoms with Crippen LogP contribution in [0.4, 0.5) is 0 Å². The van der Waals surface area contributed by atoms with Gasteiger partial charge < -0.3 is 0 Å². The van der Waals surface area contributed by atoms with Crippen molar-refractivity contribution in [1.82, 2.24) is 0 Å². The predicted molar refractivity (Wildman–Crippen MR) is 146 cm³/mol. The Balaban J connectivity index is 2.46. The monoisotopic (exact) mass is 434 g/mol. The number of rotatable bonds is 15. The molecule has 0 amide bonds. The molecule has 0 aliphatic carbocycles. The lowest BCUT2D eigenvalue weighted by molar-refractivity contribution is 0.262. The van der Waals surface area contributed by atoms with Crippen molar-refractivity contribution >= 4 is 0 Å². The molecule has 0 aliphatic rings. The quantitative estimate of drug-likeness (QED) is 0.241. The van der Waals surface area contributed by atoms with Crippen molar-refractivity contribution in [2.45, 2.75) is 113 Å². The van der Waals surface area contributed by atoms with Crippen LogP contribution in [0.15, 0.2) is 76.9 Å². The van der Waals surface area contributed by atoms with Gasteiger partial charge in [-0.05, 0) is 110 Å². The van der Waals surface area contributed by atoms with Crippen molar-refractivity contribution in [3.05, 3.63) is 82.5 Å². The van der Waals surface area contributed by atoms with E-state index in [0.717, 1.165) is 0 Å². The van der Waals surface area contributed by atoms with Gasteiger partial charge in [0.1, 0.15) is 0 Å². The minimum absolute atomic E-state index is 0.393. The lowest BCUT2D eigenvalue weighted by Crippen LogP contribution is -2.21. The molecule has 0 saturated carbocycles. The molecule has 0 bridgehead atoms. The molecule has 0 aromatic heterocycles. The van der Waals surface area contributed by atoms with Crippen LogP contribution in [-0.2, 0) is 6.42 Å². The van der Waals surface area contributed by atoms with Gasteiger partial charge in [0.2, 0.25) is 0 Å². The molecule has 0 spiro atoms. The average molecular weight is 435 g/mol. The molecule has 0 nitrogen and oxygen atoms in total. The lowest BCUT2D eigenvalue weighted by atomic mass is 9.74. The minimum Gasteiger partial charge on any atom is -0.0856 e. The van der Waals surface area contributed by atoms with Gasteiger partial charge in [-0.2, -0.15) is 0 Å². The van der Waals surface area contributed by atoms with Gasteiger partial charge in [0.05, 0.1) is 0 Å². The van der Waals surface area contributed by atoms with E-state index < -0.39 is 0 Å². The maximum atomic E-state index is 2.53. The van der Waals surface area contributed by atoms with Crippen molar-refractivity contribution < 1.29 is 0 Å². The Hall–Kier alpha value is -1.82. The summed E-state index contributed by atoms with van der Waals surface area (Å²) in [6, 6.07) is 11.0. The van der Waals surface area contributed by atoms with Gasteiger partial charge in [0.25, 0.3) is 0 Å². The molecule has 0 fully saturated rings. The number of hydrogen-bond donors (Lipinski definition) is 0. The zero-order valence-electron chi connectivity index (χ0n) is 22.3. The van der Waals surface area contributed by atoms with E-state index in [9.17, 15) is 0 Å². The van der Waals surface area contributed by atoms with Crippen molar-refractivity contribution in [3.63, 3.8) is 0 Å². The van der Waals surface area contributed by atoms with Crippen molar-refractivity contribution in [2.75, 3.05) is 0 Å². The summed E-state index contributed by atoms with van der Waals surface area (Å²) in [7, 11) is 0. The standard InChI is InChI=1S/C32H50/c1-8-32(9-2,26-31-22-11-10-12-23-31)25-24-30(7)21-15-20-29(6)19-14-18-28(5)17-13-16-27(3)4/h10-12,16,18,20,22-24H,8-9,13-15,17,19,21,25-26H2,1-7H3. The van der Waals surface area contributed by atoms with Crippen LogP contribution in [0.5, 0.6) is 0 Å². The third kappa shape index (κ3) is 12.3. The fourth-order valence-corrected chi connectivity index (χ4v) is 4.27. The Morgan fingerprint density at radius 2 is 1.12 bits per heavy atom. The summed E-state index contributed by atoms with van der Waals surface area (Å²) in [6.45, 7) is 16.0. The first-order valence-corrected chi connectivity index (χ1v) is 12.9. The first-order valence-electron chi connectivity index (χ1n) is 12.9. The summed E-state index contributed by atoms with van der Waals surface area (Å²) in [5.74, 6) is 0. The molecule has 178 valence electrons. The van der Waals surface area contributed by atoms with E-state index in [1.807, 2.05) is 0 Å². The summed E-state index contributed by atoms with van der Waals surface area (Å²) in [5.41, 5.74) is 7.90. The van der Waals surface area contributed by atoms with Crippen molar-refractivity contribution in [1.29, 1.82) is 0 Å². The molecule has 0 aliphatic heterocycles. The normalized spacial score (nSPS) is 13.4. The Morgan fingerprint density at radius 3 is 1.59 bits per heavy atom. The fourth-order valence-electron chi connectivity index (χ4n) is 4.27. The Labute approximate surface area is 200 Å². The van der Waals surface area contributed by atoms with E-state index in [1.165, 1.54) is 86.5 Å². The number of allylic oxidation sites excluding steroid dienone is 8. The topological polar surface area (TPSA) is 0 Å². The molecule has 32 heavy (non-hydrogen) atoms. The predicted octanol–water partition coefficient (Wildman–Crippen LogP) is 10.6. The highest BCUT2D eigenvalue weighted by Gasteiger charge is 2.25. The average Bonchev–Trinajstić information content (AvgIpc) is 2.77. The van der Waals surface area contributed by atoms with Crippen molar-refractivity contribution in [2.24, 2.45) is 5.41 Å². The third-order valence-corrected chi connectivity index (χ3v) is 6.96. The van der Waals surface area contributed by atoms with Crippen LogP contribution in [0.1, 0.15) is 112 Å². The number of benzene rings is 1. The van der Waals surface area contributed by atoms with Gasteiger partial charge in [0, 0.05) is 0 Å². The summed E-state index contributed by atoms with van der Waals surface area (Å²) in [6.07, 6.45) is 21.7. The first kappa shape index (κ1) is 28.2. The van der Waals surface area contributed by atoms with E-state index in [4.69, 9.17) is 0 Å². The van der Waals surface area contributed by atoms with Crippen molar-refractivity contribution in [3.8, 4) is 0 Å². The van der Waals surface area contributed by atoms with Gasteiger partial charge in [0.15, 0.2) is 0 Å². The van der Waals surface area contributed by atoms with E-state index in [0.29, 0.717) is 5.41 Å². The maximum absolute atomic E-state index is 2.53. The maximum Gasteiger partial charge on any atom is -0.0219 e. The van der Waals surface area contributed by atoms with E-state index in [-0.39, 0.29) is 0 Å². The molecule has 1 aromatic carbocycles. The second kappa shape index (κ2) is 15.9. The van der Waals surface area contributed by atoms with Crippen LogP contribution in [0.2, 0.25) is 0 Å². The van der Waals surface area contributed by atoms with Crippen LogP contribution in [0.3, 0.4) is 0 Å². The zero-order valence-corrected chi connectivity index (χ0v) is 22.3.